The van der Waals surface area contributed by atoms with Crippen molar-refractivity contribution < 1.29 is 0 Å². The van der Waals surface area contributed by atoms with Crippen LogP contribution in [0.4, 0.5) is 0 Å². The van der Waals surface area contributed by atoms with Gasteiger partial charge < -0.3 is 5.73 Å². The zero-order valence-electron chi connectivity index (χ0n) is 14.0. The second-order valence-electron chi connectivity index (χ2n) is 7.49. The lowest BCUT2D eigenvalue weighted by atomic mass is 9.69. The number of nitrogens with zero attached hydrogens (tertiary/aromatic N) is 2. The molecule has 2 rings (SSSR count). The summed E-state index contributed by atoms with van der Waals surface area (Å²) in [4.78, 5) is 6.99. The maximum atomic E-state index is 6.45. The van der Waals surface area contributed by atoms with Gasteiger partial charge in [-0.15, -0.1) is 0 Å². The molecule has 118 valence electrons. The van der Waals surface area contributed by atoms with E-state index in [1.165, 1.54) is 12.8 Å². The van der Waals surface area contributed by atoms with Gasteiger partial charge in [0, 0.05) is 24.8 Å². The normalized spacial score (nSPS) is 27.0. The molecule has 0 bridgehead atoms. The Kier molecular flexibility index (Phi) is 5.39. The van der Waals surface area contributed by atoms with Gasteiger partial charge in [0.2, 0.25) is 0 Å². The van der Waals surface area contributed by atoms with Crippen LogP contribution in [0.2, 0.25) is 0 Å². The minimum absolute atomic E-state index is 0.298. The van der Waals surface area contributed by atoms with E-state index in [2.05, 4.69) is 49.7 Å². The van der Waals surface area contributed by atoms with E-state index in [0.717, 1.165) is 31.1 Å². The lowest BCUT2D eigenvalue weighted by Gasteiger charge is -2.45. The molecular weight excluding hydrogens is 258 g/mol. The third kappa shape index (κ3) is 4.27. The number of aromatic nitrogens is 1. The topological polar surface area (TPSA) is 42.2 Å². The van der Waals surface area contributed by atoms with Crippen molar-refractivity contribution in [2.24, 2.45) is 17.1 Å². The quantitative estimate of drug-likeness (QED) is 0.923. The summed E-state index contributed by atoms with van der Waals surface area (Å²) in [5.74, 6) is 0.764. The Hall–Kier alpha value is -0.930. The largest absolute Gasteiger partial charge is 0.326 e. The Morgan fingerprint density at radius 3 is 2.62 bits per heavy atom. The molecule has 0 aromatic carbocycles. The second-order valence-corrected chi connectivity index (χ2v) is 7.49. The van der Waals surface area contributed by atoms with E-state index in [9.17, 15) is 0 Å². The summed E-state index contributed by atoms with van der Waals surface area (Å²) >= 11 is 0. The van der Waals surface area contributed by atoms with Gasteiger partial charge in [-0.05, 0) is 49.3 Å². The minimum Gasteiger partial charge on any atom is -0.326 e. The first-order chi connectivity index (χ1) is 9.91. The molecule has 1 aliphatic carbocycles. The van der Waals surface area contributed by atoms with E-state index in [1.807, 2.05) is 12.3 Å². The molecule has 1 heterocycles. The van der Waals surface area contributed by atoms with E-state index in [4.69, 9.17) is 5.73 Å². The molecule has 3 heteroatoms. The van der Waals surface area contributed by atoms with Gasteiger partial charge in [0.05, 0.1) is 5.69 Å². The van der Waals surface area contributed by atoms with Gasteiger partial charge in [-0.3, -0.25) is 9.88 Å². The number of likely N-dealkylation sites (N-methyl/N-ethyl adjacent to an activating group) is 1. The molecule has 1 aromatic heterocycles. The molecule has 0 spiro atoms. The summed E-state index contributed by atoms with van der Waals surface area (Å²) in [5, 5.41) is 0. The summed E-state index contributed by atoms with van der Waals surface area (Å²) in [6, 6.07) is 6.93. The van der Waals surface area contributed by atoms with Crippen LogP contribution in [0.5, 0.6) is 0 Å². The Labute approximate surface area is 129 Å². The van der Waals surface area contributed by atoms with E-state index in [1.54, 1.807) is 0 Å². The Morgan fingerprint density at radius 1 is 1.29 bits per heavy atom. The molecule has 1 fully saturated rings. The van der Waals surface area contributed by atoms with Crippen LogP contribution in [0.3, 0.4) is 0 Å². The fraction of sp³-hybridized carbons (Fsp3) is 0.722. The van der Waals surface area contributed by atoms with Crippen molar-refractivity contribution in [2.75, 3.05) is 6.54 Å². The zero-order valence-corrected chi connectivity index (χ0v) is 14.0. The van der Waals surface area contributed by atoms with Crippen LogP contribution in [0.15, 0.2) is 24.4 Å². The Balaban J connectivity index is 2.08. The third-order valence-electron chi connectivity index (χ3n) is 5.06. The first-order valence-corrected chi connectivity index (χ1v) is 8.31. The minimum atomic E-state index is 0.298. The van der Waals surface area contributed by atoms with Crippen LogP contribution in [-0.4, -0.2) is 28.5 Å². The van der Waals surface area contributed by atoms with Crippen LogP contribution >= 0.6 is 0 Å². The first-order valence-electron chi connectivity index (χ1n) is 8.31. The number of nitrogens with two attached hydrogens (primary N) is 1. The Morgan fingerprint density at radius 2 is 2.05 bits per heavy atom. The third-order valence-corrected chi connectivity index (χ3v) is 5.06. The standard InChI is InChI=1S/C18H31N3/c1-5-21(13-15-8-6-7-11-20-15)17-12-14(18(2,3)4)9-10-16(17)19/h6-8,11,14,16-17H,5,9-10,12-13,19H2,1-4H3. The van der Waals surface area contributed by atoms with Crippen molar-refractivity contribution in [1.82, 2.24) is 9.88 Å². The number of pyridine rings is 1. The number of rotatable bonds is 4. The molecule has 3 nitrogen and oxygen atoms in total. The highest BCUT2D eigenvalue weighted by molar-refractivity contribution is 5.04. The molecule has 1 aromatic rings. The molecule has 2 N–H and O–H groups in total. The van der Waals surface area contributed by atoms with Gasteiger partial charge in [-0.1, -0.05) is 33.8 Å². The van der Waals surface area contributed by atoms with Crippen molar-refractivity contribution in [2.45, 2.75) is 65.6 Å². The van der Waals surface area contributed by atoms with E-state index >= 15 is 0 Å². The Bertz CT molecular complexity index is 424. The van der Waals surface area contributed by atoms with E-state index in [0.29, 0.717) is 17.5 Å². The highest BCUT2D eigenvalue weighted by atomic mass is 15.2. The number of hydrogen-bond acceptors (Lipinski definition) is 3. The molecule has 0 aliphatic heterocycles. The average Bonchev–Trinajstić information content (AvgIpc) is 2.45. The fourth-order valence-electron chi connectivity index (χ4n) is 3.54. The van der Waals surface area contributed by atoms with Gasteiger partial charge in [-0.25, -0.2) is 0 Å². The average molecular weight is 289 g/mol. The second kappa shape index (κ2) is 6.89. The smallest absolute Gasteiger partial charge is 0.0544 e. The first kappa shape index (κ1) is 16.4. The summed E-state index contributed by atoms with van der Waals surface area (Å²) in [5.41, 5.74) is 7.97. The van der Waals surface area contributed by atoms with E-state index < -0.39 is 0 Å². The van der Waals surface area contributed by atoms with Crippen LogP contribution in [0.1, 0.15) is 52.7 Å². The van der Waals surface area contributed by atoms with Crippen molar-refractivity contribution in [3.8, 4) is 0 Å². The molecule has 3 atom stereocenters. The van der Waals surface area contributed by atoms with Gasteiger partial charge >= 0.3 is 0 Å². The van der Waals surface area contributed by atoms with Gasteiger partial charge in [0.1, 0.15) is 0 Å². The highest BCUT2D eigenvalue weighted by Crippen LogP contribution is 2.39. The summed E-state index contributed by atoms with van der Waals surface area (Å²) < 4.78 is 0. The molecule has 3 unspecified atom stereocenters. The predicted molar refractivity (Wildman–Crippen MR) is 88.9 cm³/mol. The van der Waals surface area contributed by atoms with Crippen molar-refractivity contribution in [3.63, 3.8) is 0 Å². The SMILES string of the molecule is CCN(Cc1ccccn1)C1CC(C(C)(C)C)CCC1N. The number of hydrogen-bond donors (Lipinski definition) is 1. The van der Waals surface area contributed by atoms with Crippen molar-refractivity contribution in [3.05, 3.63) is 30.1 Å². The maximum Gasteiger partial charge on any atom is 0.0544 e. The van der Waals surface area contributed by atoms with Crippen LogP contribution < -0.4 is 5.73 Å². The van der Waals surface area contributed by atoms with E-state index in [-0.39, 0.29) is 0 Å². The highest BCUT2D eigenvalue weighted by Gasteiger charge is 2.36. The molecule has 1 aliphatic rings. The lowest BCUT2D eigenvalue weighted by Crippen LogP contribution is -2.52. The molecular formula is C18H31N3. The van der Waals surface area contributed by atoms with Crippen molar-refractivity contribution >= 4 is 0 Å². The van der Waals surface area contributed by atoms with Gasteiger partial charge in [0.25, 0.3) is 0 Å². The van der Waals surface area contributed by atoms with Gasteiger partial charge in [-0.2, -0.15) is 0 Å². The fourth-order valence-corrected chi connectivity index (χ4v) is 3.54. The zero-order chi connectivity index (χ0) is 15.5. The molecule has 0 amide bonds. The maximum absolute atomic E-state index is 6.45. The monoisotopic (exact) mass is 289 g/mol. The van der Waals surface area contributed by atoms with Crippen LogP contribution in [-0.2, 0) is 6.54 Å². The van der Waals surface area contributed by atoms with Gasteiger partial charge in [0.15, 0.2) is 0 Å². The molecule has 1 saturated carbocycles. The summed E-state index contributed by atoms with van der Waals surface area (Å²) in [6.45, 7) is 11.3. The summed E-state index contributed by atoms with van der Waals surface area (Å²) in [6.07, 6.45) is 5.50. The van der Waals surface area contributed by atoms with Crippen molar-refractivity contribution in [1.29, 1.82) is 0 Å². The summed E-state index contributed by atoms with van der Waals surface area (Å²) in [7, 11) is 0. The van der Waals surface area contributed by atoms with Crippen LogP contribution in [0.25, 0.3) is 0 Å². The predicted octanol–water partition coefficient (Wildman–Crippen LogP) is 3.45. The molecule has 0 saturated heterocycles. The van der Waals surface area contributed by atoms with Crippen LogP contribution in [0, 0.1) is 11.3 Å². The lowest BCUT2D eigenvalue weighted by molar-refractivity contribution is 0.0672. The molecule has 0 radical (unpaired) electrons. The molecule has 21 heavy (non-hydrogen) atoms.